The maximum atomic E-state index is 4.80. The van der Waals surface area contributed by atoms with Gasteiger partial charge in [0.25, 0.3) is 0 Å². The maximum absolute atomic E-state index is 4.80. The van der Waals surface area contributed by atoms with Crippen LogP contribution in [0.15, 0.2) is 30.3 Å². The fraction of sp³-hybridized carbons (Fsp3) is 0.565. The highest BCUT2D eigenvalue weighted by Crippen LogP contribution is 2.26. The molecule has 4 rings (SSSR count). The van der Waals surface area contributed by atoms with E-state index in [1.54, 1.807) is 0 Å². The molecule has 0 aliphatic carbocycles. The van der Waals surface area contributed by atoms with Gasteiger partial charge in [0.1, 0.15) is 5.82 Å². The van der Waals surface area contributed by atoms with Crippen LogP contribution < -0.4 is 15.1 Å². The molecule has 5 heteroatoms. The standard InChI is InChI=1S/C23H33N5/c1-17-10-13-27(14-11-17)21-8-6-20(7-9-21)25-23-24-19(3)15-22(26-23)28-12-4-5-18(2)16-28/h6-9,15,17-18H,4-5,10-14,16H2,1-3H3,(H,24,25,26). The number of aryl methyl sites for hydroxylation is 1. The highest BCUT2D eigenvalue weighted by molar-refractivity contribution is 5.60. The molecule has 150 valence electrons. The lowest BCUT2D eigenvalue weighted by Crippen LogP contribution is -2.35. The Hall–Kier alpha value is -2.30. The molecule has 2 aliphatic rings. The van der Waals surface area contributed by atoms with Gasteiger partial charge in [-0.15, -0.1) is 0 Å². The molecule has 3 heterocycles. The van der Waals surface area contributed by atoms with Crippen LogP contribution in [0, 0.1) is 18.8 Å². The third kappa shape index (κ3) is 4.57. The van der Waals surface area contributed by atoms with E-state index in [0.717, 1.165) is 55.2 Å². The monoisotopic (exact) mass is 379 g/mol. The fourth-order valence-electron chi connectivity index (χ4n) is 4.32. The Morgan fingerprint density at radius 2 is 1.64 bits per heavy atom. The number of piperidine rings is 2. The van der Waals surface area contributed by atoms with Gasteiger partial charge in [0.05, 0.1) is 0 Å². The highest BCUT2D eigenvalue weighted by atomic mass is 15.2. The van der Waals surface area contributed by atoms with Crippen LogP contribution in [0.1, 0.15) is 45.2 Å². The summed E-state index contributed by atoms with van der Waals surface area (Å²) >= 11 is 0. The first-order valence-corrected chi connectivity index (χ1v) is 10.8. The summed E-state index contributed by atoms with van der Waals surface area (Å²) < 4.78 is 0. The predicted octanol–water partition coefficient (Wildman–Crippen LogP) is 5.00. The smallest absolute Gasteiger partial charge is 0.229 e. The summed E-state index contributed by atoms with van der Waals surface area (Å²) in [5.41, 5.74) is 3.35. The van der Waals surface area contributed by atoms with Gasteiger partial charge in [-0.05, 0) is 68.7 Å². The predicted molar refractivity (Wildman–Crippen MR) is 118 cm³/mol. The maximum Gasteiger partial charge on any atom is 0.229 e. The van der Waals surface area contributed by atoms with Crippen molar-refractivity contribution in [2.75, 3.05) is 41.3 Å². The summed E-state index contributed by atoms with van der Waals surface area (Å²) in [7, 11) is 0. The zero-order valence-corrected chi connectivity index (χ0v) is 17.5. The van der Waals surface area contributed by atoms with Gasteiger partial charge in [0.2, 0.25) is 5.95 Å². The molecular weight excluding hydrogens is 346 g/mol. The van der Waals surface area contributed by atoms with Crippen LogP contribution in [-0.4, -0.2) is 36.1 Å². The third-order valence-electron chi connectivity index (χ3n) is 6.09. The Balaban J connectivity index is 1.45. The van der Waals surface area contributed by atoms with Crippen molar-refractivity contribution in [3.63, 3.8) is 0 Å². The molecule has 5 nitrogen and oxygen atoms in total. The number of hydrogen-bond donors (Lipinski definition) is 1. The van der Waals surface area contributed by atoms with Gasteiger partial charge >= 0.3 is 0 Å². The molecular formula is C23H33N5. The highest BCUT2D eigenvalue weighted by Gasteiger charge is 2.19. The van der Waals surface area contributed by atoms with Crippen molar-refractivity contribution < 1.29 is 0 Å². The second kappa shape index (κ2) is 8.38. The quantitative estimate of drug-likeness (QED) is 0.810. The molecule has 0 spiro atoms. The van der Waals surface area contributed by atoms with Crippen LogP contribution in [0.4, 0.5) is 23.1 Å². The van der Waals surface area contributed by atoms with Crippen LogP contribution in [0.3, 0.4) is 0 Å². The second-order valence-electron chi connectivity index (χ2n) is 8.73. The number of benzene rings is 1. The molecule has 1 unspecified atom stereocenters. The van der Waals surface area contributed by atoms with E-state index in [4.69, 9.17) is 4.98 Å². The van der Waals surface area contributed by atoms with Gasteiger partial charge in [-0.3, -0.25) is 0 Å². The molecule has 2 aromatic rings. The zero-order chi connectivity index (χ0) is 19.5. The average Bonchev–Trinajstić information content (AvgIpc) is 2.69. The minimum Gasteiger partial charge on any atom is -0.372 e. The fourth-order valence-corrected chi connectivity index (χ4v) is 4.32. The van der Waals surface area contributed by atoms with Gasteiger partial charge in [-0.1, -0.05) is 13.8 Å². The summed E-state index contributed by atoms with van der Waals surface area (Å²) in [5, 5.41) is 3.41. The number of hydrogen-bond acceptors (Lipinski definition) is 5. The summed E-state index contributed by atoms with van der Waals surface area (Å²) in [4.78, 5) is 14.3. The zero-order valence-electron chi connectivity index (χ0n) is 17.5. The molecule has 28 heavy (non-hydrogen) atoms. The Bertz CT molecular complexity index is 780. The van der Waals surface area contributed by atoms with E-state index < -0.39 is 0 Å². The molecule has 2 fully saturated rings. The van der Waals surface area contributed by atoms with Gasteiger partial charge < -0.3 is 15.1 Å². The van der Waals surface area contributed by atoms with Crippen molar-refractivity contribution in [3.8, 4) is 0 Å². The van der Waals surface area contributed by atoms with E-state index in [-0.39, 0.29) is 0 Å². The summed E-state index contributed by atoms with van der Waals surface area (Å²) in [6, 6.07) is 10.8. The van der Waals surface area contributed by atoms with Crippen molar-refractivity contribution in [1.29, 1.82) is 0 Å². The van der Waals surface area contributed by atoms with E-state index >= 15 is 0 Å². The molecule has 1 N–H and O–H groups in total. The lowest BCUT2D eigenvalue weighted by molar-refractivity contribution is 0.438. The van der Waals surface area contributed by atoms with Crippen molar-refractivity contribution in [2.24, 2.45) is 11.8 Å². The van der Waals surface area contributed by atoms with Crippen LogP contribution in [-0.2, 0) is 0 Å². The van der Waals surface area contributed by atoms with Crippen LogP contribution in [0.2, 0.25) is 0 Å². The van der Waals surface area contributed by atoms with Gasteiger partial charge in [0.15, 0.2) is 0 Å². The van der Waals surface area contributed by atoms with Crippen LogP contribution in [0.5, 0.6) is 0 Å². The minimum atomic E-state index is 0.688. The Morgan fingerprint density at radius 3 is 2.36 bits per heavy atom. The number of aromatic nitrogens is 2. The van der Waals surface area contributed by atoms with Crippen LogP contribution >= 0.6 is 0 Å². The summed E-state index contributed by atoms with van der Waals surface area (Å²) in [6.07, 6.45) is 5.13. The van der Waals surface area contributed by atoms with E-state index in [1.165, 1.54) is 31.4 Å². The summed E-state index contributed by atoms with van der Waals surface area (Å²) in [6.45, 7) is 11.2. The largest absolute Gasteiger partial charge is 0.372 e. The van der Waals surface area contributed by atoms with E-state index in [0.29, 0.717) is 5.95 Å². The first kappa shape index (κ1) is 19.0. The number of anilines is 4. The van der Waals surface area contributed by atoms with Crippen molar-refractivity contribution >= 4 is 23.1 Å². The minimum absolute atomic E-state index is 0.688. The first-order valence-electron chi connectivity index (χ1n) is 10.8. The van der Waals surface area contributed by atoms with E-state index in [9.17, 15) is 0 Å². The molecule has 0 amide bonds. The topological polar surface area (TPSA) is 44.3 Å². The third-order valence-corrected chi connectivity index (χ3v) is 6.09. The molecule has 1 aromatic carbocycles. The number of nitrogens with zero attached hydrogens (tertiary/aromatic N) is 4. The van der Waals surface area contributed by atoms with Gasteiger partial charge in [-0.25, -0.2) is 4.98 Å². The Labute approximate surface area is 169 Å². The first-order chi connectivity index (χ1) is 13.6. The molecule has 0 saturated carbocycles. The Kier molecular flexibility index (Phi) is 5.69. The van der Waals surface area contributed by atoms with Crippen molar-refractivity contribution in [2.45, 2.75) is 46.5 Å². The lowest BCUT2D eigenvalue weighted by Gasteiger charge is -2.32. The molecule has 0 radical (unpaired) electrons. The van der Waals surface area contributed by atoms with Crippen molar-refractivity contribution in [1.82, 2.24) is 9.97 Å². The second-order valence-corrected chi connectivity index (χ2v) is 8.73. The molecule has 1 aromatic heterocycles. The van der Waals surface area contributed by atoms with Gasteiger partial charge in [-0.2, -0.15) is 4.98 Å². The normalized spacial score (nSPS) is 21.0. The van der Waals surface area contributed by atoms with Gasteiger partial charge in [0, 0.05) is 49.3 Å². The average molecular weight is 380 g/mol. The summed E-state index contributed by atoms with van der Waals surface area (Å²) in [5.74, 6) is 3.31. The molecule has 1 atom stereocenters. The molecule has 2 aliphatic heterocycles. The van der Waals surface area contributed by atoms with Crippen molar-refractivity contribution in [3.05, 3.63) is 36.0 Å². The number of nitrogens with one attached hydrogen (secondary N) is 1. The van der Waals surface area contributed by atoms with Crippen LogP contribution in [0.25, 0.3) is 0 Å². The molecule has 0 bridgehead atoms. The SMILES string of the molecule is Cc1cc(N2CCCC(C)C2)nc(Nc2ccc(N3CCC(C)CC3)cc2)n1. The van der Waals surface area contributed by atoms with E-state index in [2.05, 4.69) is 64.3 Å². The Morgan fingerprint density at radius 1 is 0.893 bits per heavy atom. The van der Waals surface area contributed by atoms with E-state index in [1.807, 2.05) is 6.92 Å². The lowest BCUT2D eigenvalue weighted by atomic mass is 9.99. The number of rotatable bonds is 4. The molecule has 2 saturated heterocycles.